The minimum absolute atomic E-state index is 0.267. The van der Waals surface area contributed by atoms with Crippen LogP contribution in [-0.2, 0) is 11.1 Å². The van der Waals surface area contributed by atoms with E-state index in [2.05, 4.69) is 6.92 Å². The highest BCUT2D eigenvalue weighted by Crippen LogP contribution is 2.33. The van der Waals surface area contributed by atoms with Gasteiger partial charge in [0.2, 0.25) is 0 Å². The van der Waals surface area contributed by atoms with Crippen molar-refractivity contribution in [3.63, 3.8) is 0 Å². The molecule has 0 spiro atoms. The Morgan fingerprint density at radius 3 is 2.67 bits per heavy atom. The fourth-order valence-corrected chi connectivity index (χ4v) is 1.47. The molecule has 52 valence electrons. The highest BCUT2D eigenvalue weighted by molar-refractivity contribution is 7.79. The van der Waals surface area contributed by atoms with Crippen molar-refractivity contribution in [3.8, 4) is 0 Å². The van der Waals surface area contributed by atoms with Gasteiger partial charge in [0.05, 0.1) is 0 Å². The maximum atomic E-state index is 10.1. The lowest BCUT2D eigenvalue weighted by Gasteiger charge is -1.97. The van der Waals surface area contributed by atoms with E-state index in [-0.39, 0.29) is 5.75 Å². The van der Waals surface area contributed by atoms with Gasteiger partial charge in [0, 0.05) is 5.75 Å². The van der Waals surface area contributed by atoms with Crippen molar-refractivity contribution in [2.24, 2.45) is 0 Å². The number of rotatable bonds is 3. The molecule has 0 aromatic rings. The minimum atomic E-state index is -1.86. The predicted octanol–water partition coefficient (Wildman–Crippen LogP) is 0.976. The Bertz CT molecular complexity index is 172. The third-order valence-corrected chi connectivity index (χ3v) is 2.10. The first kappa shape index (κ1) is 6.96. The third-order valence-electron chi connectivity index (χ3n) is 1.52. The molecule has 1 atom stereocenters. The van der Waals surface area contributed by atoms with Crippen molar-refractivity contribution < 1.29 is 8.76 Å². The smallest absolute Gasteiger partial charge is 0.0317 e. The molecule has 0 fully saturated rings. The van der Waals surface area contributed by atoms with Gasteiger partial charge in [-0.1, -0.05) is 29.2 Å². The lowest BCUT2D eigenvalue weighted by molar-refractivity contribution is 0.539. The molecule has 0 saturated carbocycles. The van der Waals surface area contributed by atoms with Gasteiger partial charge in [-0.3, -0.25) is 4.21 Å². The first-order chi connectivity index (χ1) is 4.24. The summed E-state index contributed by atoms with van der Waals surface area (Å²) < 4.78 is 20.2. The largest absolute Gasteiger partial charge is 0.772 e. The molecule has 1 aliphatic rings. The Morgan fingerprint density at radius 2 is 2.33 bits per heavy atom. The Morgan fingerprint density at radius 1 is 1.67 bits per heavy atom. The Balaban J connectivity index is 2.32. The van der Waals surface area contributed by atoms with E-state index in [0.717, 1.165) is 18.4 Å². The quantitative estimate of drug-likeness (QED) is 0.438. The lowest BCUT2D eigenvalue weighted by Crippen LogP contribution is -1.91. The molecule has 0 saturated heterocycles. The molecule has 0 heterocycles. The van der Waals surface area contributed by atoms with Gasteiger partial charge in [0.1, 0.15) is 0 Å². The van der Waals surface area contributed by atoms with Crippen molar-refractivity contribution in [2.75, 3.05) is 5.75 Å². The van der Waals surface area contributed by atoms with Crippen molar-refractivity contribution in [1.29, 1.82) is 0 Å². The third kappa shape index (κ3) is 1.91. The Hall–Kier alpha value is -0.150. The van der Waals surface area contributed by atoms with Gasteiger partial charge in [0.25, 0.3) is 0 Å². The predicted molar refractivity (Wildman–Crippen MR) is 35.7 cm³/mol. The van der Waals surface area contributed by atoms with Gasteiger partial charge >= 0.3 is 0 Å². The molecule has 0 radical (unpaired) electrons. The molecule has 0 N–H and O–H groups in total. The topological polar surface area (TPSA) is 40.1 Å². The van der Waals surface area contributed by atoms with Crippen LogP contribution in [0.5, 0.6) is 0 Å². The van der Waals surface area contributed by atoms with Crippen molar-refractivity contribution in [3.05, 3.63) is 11.1 Å². The van der Waals surface area contributed by atoms with Crippen molar-refractivity contribution >= 4 is 11.1 Å². The molecule has 1 rings (SSSR count). The summed E-state index contributed by atoms with van der Waals surface area (Å²) >= 11 is -1.86. The molecular weight excluding hydrogens is 136 g/mol. The van der Waals surface area contributed by atoms with E-state index in [1.165, 1.54) is 5.57 Å². The van der Waals surface area contributed by atoms with E-state index in [1.54, 1.807) is 0 Å². The van der Waals surface area contributed by atoms with Crippen LogP contribution in [-0.4, -0.2) is 14.5 Å². The van der Waals surface area contributed by atoms with E-state index in [1.807, 2.05) is 0 Å². The first-order valence-corrected chi connectivity index (χ1v) is 4.24. The second-order valence-corrected chi connectivity index (χ2v) is 3.08. The van der Waals surface area contributed by atoms with Gasteiger partial charge in [-0.2, -0.15) is 0 Å². The van der Waals surface area contributed by atoms with Crippen LogP contribution in [0.25, 0.3) is 0 Å². The lowest BCUT2D eigenvalue weighted by atomic mass is 10.4. The number of hydrogen-bond acceptors (Lipinski definition) is 2. The van der Waals surface area contributed by atoms with E-state index in [9.17, 15) is 8.76 Å². The highest BCUT2D eigenvalue weighted by Gasteiger charge is 2.18. The van der Waals surface area contributed by atoms with Crippen LogP contribution >= 0.6 is 0 Å². The summed E-state index contributed by atoms with van der Waals surface area (Å²) in [7, 11) is 0. The summed E-state index contributed by atoms with van der Waals surface area (Å²) in [6.07, 6.45) is 1.98. The zero-order chi connectivity index (χ0) is 6.85. The zero-order valence-electron chi connectivity index (χ0n) is 5.35. The van der Waals surface area contributed by atoms with Crippen LogP contribution in [0.4, 0.5) is 0 Å². The first-order valence-electron chi connectivity index (χ1n) is 2.99. The van der Waals surface area contributed by atoms with Gasteiger partial charge in [-0.05, 0) is 12.8 Å². The van der Waals surface area contributed by atoms with Crippen LogP contribution in [0.1, 0.15) is 19.8 Å². The molecule has 9 heavy (non-hydrogen) atoms. The van der Waals surface area contributed by atoms with E-state index >= 15 is 0 Å². The minimum Gasteiger partial charge on any atom is -0.772 e. The summed E-state index contributed by atoms with van der Waals surface area (Å²) in [6.45, 7) is 2.05. The van der Waals surface area contributed by atoms with Crippen LogP contribution in [0.15, 0.2) is 11.1 Å². The molecule has 0 aromatic carbocycles. The fourth-order valence-electron chi connectivity index (χ4n) is 0.884. The van der Waals surface area contributed by atoms with Crippen molar-refractivity contribution in [1.82, 2.24) is 0 Å². The molecule has 0 amide bonds. The molecule has 0 aromatic heterocycles. The van der Waals surface area contributed by atoms with Gasteiger partial charge < -0.3 is 4.55 Å². The van der Waals surface area contributed by atoms with Crippen LogP contribution in [0, 0.1) is 0 Å². The Labute approximate surface area is 57.2 Å². The molecule has 1 aliphatic carbocycles. The molecule has 3 heteroatoms. The van der Waals surface area contributed by atoms with Gasteiger partial charge in [-0.25, -0.2) is 0 Å². The molecule has 1 unspecified atom stereocenters. The highest BCUT2D eigenvalue weighted by atomic mass is 32.2. The van der Waals surface area contributed by atoms with E-state index in [4.69, 9.17) is 0 Å². The van der Waals surface area contributed by atoms with Crippen LogP contribution in [0.3, 0.4) is 0 Å². The SMILES string of the molecule is CCC1=C(CS(=O)[O-])C1. The average molecular weight is 145 g/mol. The second-order valence-electron chi connectivity index (χ2n) is 2.19. The number of allylic oxidation sites excluding steroid dienone is 1. The summed E-state index contributed by atoms with van der Waals surface area (Å²) in [4.78, 5) is 0. The number of hydrogen-bond donors (Lipinski definition) is 0. The monoisotopic (exact) mass is 145 g/mol. The Kier molecular flexibility index (Phi) is 2.03. The summed E-state index contributed by atoms with van der Waals surface area (Å²) in [5.41, 5.74) is 2.46. The average Bonchev–Trinajstić information content (AvgIpc) is 2.45. The molecular formula is C6H9O2S-. The maximum Gasteiger partial charge on any atom is 0.0317 e. The normalized spacial score (nSPS) is 20.2. The molecule has 2 nitrogen and oxygen atoms in total. The summed E-state index contributed by atoms with van der Waals surface area (Å²) in [5.74, 6) is 0.267. The van der Waals surface area contributed by atoms with E-state index in [0.29, 0.717) is 0 Å². The van der Waals surface area contributed by atoms with E-state index < -0.39 is 11.1 Å². The standard InChI is InChI=1S/C6H10O2S/c1-2-5-3-6(5)4-9(7)8/h2-4H2,1H3,(H,7,8)/p-1. The van der Waals surface area contributed by atoms with Gasteiger partial charge in [0.15, 0.2) is 0 Å². The summed E-state index contributed by atoms with van der Waals surface area (Å²) in [5, 5.41) is 0. The van der Waals surface area contributed by atoms with Crippen molar-refractivity contribution in [2.45, 2.75) is 19.8 Å². The molecule has 0 bridgehead atoms. The van der Waals surface area contributed by atoms with Gasteiger partial charge in [-0.15, -0.1) is 0 Å². The maximum absolute atomic E-state index is 10.1. The van der Waals surface area contributed by atoms with Crippen LogP contribution in [0.2, 0.25) is 0 Å². The second kappa shape index (κ2) is 2.62. The fraction of sp³-hybridized carbons (Fsp3) is 0.667. The van der Waals surface area contributed by atoms with Crippen LogP contribution < -0.4 is 0 Å². The summed E-state index contributed by atoms with van der Waals surface area (Å²) in [6, 6.07) is 0. The molecule has 0 aliphatic heterocycles. The zero-order valence-corrected chi connectivity index (χ0v) is 6.16.